The molecular formula is C28H24N2O2. The van der Waals surface area contributed by atoms with E-state index in [2.05, 4.69) is 13.8 Å². The monoisotopic (exact) mass is 420 g/mol. The van der Waals surface area contributed by atoms with Gasteiger partial charge in [0.2, 0.25) is 0 Å². The summed E-state index contributed by atoms with van der Waals surface area (Å²) < 4.78 is 12.5. The van der Waals surface area contributed by atoms with Crippen LogP contribution in [-0.4, -0.2) is 9.97 Å². The van der Waals surface area contributed by atoms with E-state index in [0.717, 1.165) is 56.2 Å². The molecule has 4 heteroatoms. The van der Waals surface area contributed by atoms with Crippen LogP contribution in [0.2, 0.25) is 0 Å². The van der Waals surface area contributed by atoms with E-state index >= 15 is 0 Å². The molecule has 5 aromatic rings. The van der Waals surface area contributed by atoms with E-state index in [4.69, 9.17) is 19.4 Å². The fourth-order valence-electron chi connectivity index (χ4n) is 3.79. The highest BCUT2D eigenvalue weighted by molar-refractivity contribution is 6.07. The summed E-state index contributed by atoms with van der Waals surface area (Å²) in [6.07, 6.45) is 0. The Morgan fingerprint density at radius 2 is 0.875 bits per heavy atom. The average molecular weight is 421 g/mol. The van der Waals surface area contributed by atoms with Crippen LogP contribution in [0.5, 0.6) is 23.0 Å². The lowest BCUT2D eigenvalue weighted by Crippen LogP contribution is -1.95. The molecule has 0 amide bonds. The van der Waals surface area contributed by atoms with Crippen LogP contribution in [0.1, 0.15) is 22.5 Å². The highest BCUT2D eigenvalue weighted by atomic mass is 16.5. The maximum Gasteiger partial charge on any atom is 0.138 e. The molecule has 0 saturated carbocycles. The lowest BCUT2D eigenvalue weighted by atomic mass is 10.1. The number of benzene rings is 3. The predicted molar refractivity (Wildman–Crippen MR) is 129 cm³/mol. The molecule has 3 aromatic carbocycles. The fourth-order valence-corrected chi connectivity index (χ4v) is 3.79. The van der Waals surface area contributed by atoms with Gasteiger partial charge in [0.05, 0.1) is 0 Å². The second-order valence-electron chi connectivity index (χ2n) is 8.21. The first kappa shape index (κ1) is 20.0. The Hall–Kier alpha value is -3.92. The number of hydrogen-bond acceptors (Lipinski definition) is 4. The minimum atomic E-state index is 0.766. The van der Waals surface area contributed by atoms with Gasteiger partial charge < -0.3 is 9.47 Å². The van der Waals surface area contributed by atoms with Crippen molar-refractivity contribution in [3.63, 3.8) is 0 Å². The zero-order valence-corrected chi connectivity index (χ0v) is 18.6. The summed E-state index contributed by atoms with van der Waals surface area (Å²) in [7, 11) is 0. The van der Waals surface area contributed by atoms with Gasteiger partial charge in [0.15, 0.2) is 0 Å². The van der Waals surface area contributed by atoms with Gasteiger partial charge >= 0.3 is 0 Å². The Labute approximate surface area is 187 Å². The number of pyridine rings is 2. The van der Waals surface area contributed by atoms with Crippen molar-refractivity contribution in [2.75, 3.05) is 0 Å². The van der Waals surface area contributed by atoms with Crippen molar-refractivity contribution in [2.45, 2.75) is 27.7 Å². The van der Waals surface area contributed by atoms with Crippen LogP contribution in [0.25, 0.3) is 21.8 Å². The SMILES string of the molecule is Cc1ccc(Oc2cc(C)nc3c2ccc2c(Oc4ccc(C)cc4)cc(C)nc23)cc1. The predicted octanol–water partition coefficient (Wildman–Crippen LogP) is 7.60. The highest BCUT2D eigenvalue weighted by Crippen LogP contribution is 2.37. The smallest absolute Gasteiger partial charge is 0.138 e. The molecule has 0 bridgehead atoms. The zero-order chi connectivity index (χ0) is 22.2. The second-order valence-corrected chi connectivity index (χ2v) is 8.21. The number of fused-ring (bicyclic) bond motifs is 3. The largest absolute Gasteiger partial charge is 0.457 e. The average Bonchev–Trinajstić information content (AvgIpc) is 2.77. The number of ether oxygens (including phenoxy) is 2. The molecule has 5 rings (SSSR count). The van der Waals surface area contributed by atoms with E-state index < -0.39 is 0 Å². The molecule has 4 nitrogen and oxygen atoms in total. The Balaban J connectivity index is 1.65. The van der Waals surface area contributed by atoms with Crippen molar-refractivity contribution < 1.29 is 9.47 Å². The van der Waals surface area contributed by atoms with Crippen molar-refractivity contribution in [3.05, 3.63) is 95.3 Å². The number of aryl methyl sites for hydroxylation is 4. The topological polar surface area (TPSA) is 44.2 Å². The number of rotatable bonds is 4. The number of aromatic nitrogens is 2. The van der Waals surface area contributed by atoms with Gasteiger partial charge in [-0.25, -0.2) is 0 Å². The van der Waals surface area contributed by atoms with Gasteiger partial charge in [-0.15, -0.1) is 0 Å². The molecule has 158 valence electrons. The molecule has 0 unspecified atom stereocenters. The van der Waals surface area contributed by atoms with Crippen molar-refractivity contribution in [1.29, 1.82) is 0 Å². The van der Waals surface area contributed by atoms with E-state index in [-0.39, 0.29) is 0 Å². The maximum absolute atomic E-state index is 6.24. The Morgan fingerprint density at radius 3 is 1.25 bits per heavy atom. The van der Waals surface area contributed by atoms with Crippen molar-refractivity contribution >= 4 is 21.8 Å². The van der Waals surface area contributed by atoms with E-state index in [1.807, 2.05) is 86.6 Å². The van der Waals surface area contributed by atoms with E-state index in [0.29, 0.717) is 0 Å². The van der Waals surface area contributed by atoms with Crippen LogP contribution in [0.3, 0.4) is 0 Å². The van der Waals surface area contributed by atoms with Gasteiger partial charge in [-0.2, -0.15) is 0 Å². The van der Waals surface area contributed by atoms with Crippen LogP contribution < -0.4 is 9.47 Å². The third-order valence-electron chi connectivity index (χ3n) is 5.44. The van der Waals surface area contributed by atoms with Crippen molar-refractivity contribution in [3.8, 4) is 23.0 Å². The quantitative estimate of drug-likeness (QED) is 0.281. The zero-order valence-electron chi connectivity index (χ0n) is 18.6. The minimum absolute atomic E-state index is 0.766. The third kappa shape index (κ3) is 3.87. The van der Waals surface area contributed by atoms with Crippen LogP contribution >= 0.6 is 0 Å². The lowest BCUT2D eigenvalue weighted by Gasteiger charge is -2.14. The van der Waals surface area contributed by atoms with Crippen molar-refractivity contribution in [2.24, 2.45) is 0 Å². The second kappa shape index (κ2) is 7.97. The summed E-state index contributed by atoms with van der Waals surface area (Å²) in [5.41, 5.74) is 5.75. The third-order valence-corrected chi connectivity index (χ3v) is 5.44. The molecule has 0 fully saturated rings. The molecule has 0 spiro atoms. The first-order chi connectivity index (χ1) is 15.5. The van der Waals surface area contributed by atoms with E-state index in [1.165, 1.54) is 11.1 Å². The standard InChI is InChI=1S/C28H24N2O2/c1-17-5-9-21(10-6-17)31-25-15-19(3)29-27-23(25)13-14-24-26(16-20(4)30-28(24)27)32-22-11-7-18(2)8-12-22/h5-16H,1-4H3. The summed E-state index contributed by atoms with van der Waals surface area (Å²) in [6, 6.07) is 24.1. The summed E-state index contributed by atoms with van der Waals surface area (Å²) in [5, 5.41) is 1.84. The van der Waals surface area contributed by atoms with Gasteiger partial charge in [-0.05, 0) is 64.1 Å². The van der Waals surface area contributed by atoms with E-state index in [1.54, 1.807) is 0 Å². The molecule has 0 saturated heterocycles. The molecule has 32 heavy (non-hydrogen) atoms. The Bertz CT molecular complexity index is 1330. The number of hydrogen-bond donors (Lipinski definition) is 0. The Kier molecular flexibility index (Phi) is 4.98. The molecule has 0 aliphatic carbocycles. The molecule has 0 N–H and O–H groups in total. The summed E-state index contributed by atoms with van der Waals surface area (Å²) in [5.74, 6) is 3.12. The molecule has 2 heterocycles. The maximum atomic E-state index is 6.24. The number of nitrogens with zero attached hydrogens (tertiary/aromatic N) is 2. The van der Waals surface area contributed by atoms with Crippen LogP contribution in [0, 0.1) is 27.7 Å². The molecule has 2 aromatic heterocycles. The van der Waals surface area contributed by atoms with Crippen LogP contribution in [0.15, 0.2) is 72.8 Å². The molecule has 0 radical (unpaired) electrons. The molecule has 0 aliphatic heterocycles. The van der Waals surface area contributed by atoms with E-state index in [9.17, 15) is 0 Å². The molecular weight excluding hydrogens is 396 g/mol. The molecule has 0 aliphatic rings. The summed E-state index contributed by atoms with van der Waals surface area (Å²) in [6.45, 7) is 8.07. The van der Waals surface area contributed by atoms with Crippen LogP contribution in [-0.2, 0) is 0 Å². The Morgan fingerprint density at radius 1 is 0.500 bits per heavy atom. The van der Waals surface area contributed by atoms with Gasteiger partial charge in [0, 0.05) is 34.3 Å². The highest BCUT2D eigenvalue weighted by Gasteiger charge is 2.15. The normalized spacial score (nSPS) is 11.1. The molecule has 0 atom stereocenters. The first-order valence-electron chi connectivity index (χ1n) is 10.7. The minimum Gasteiger partial charge on any atom is -0.457 e. The van der Waals surface area contributed by atoms with Gasteiger partial charge in [-0.3, -0.25) is 9.97 Å². The van der Waals surface area contributed by atoms with Gasteiger partial charge in [-0.1, -0.05) is 35.4 Å². The fraction of sp³-hybridized carbons (Fsp3) is 0.143. The summed E-state index contributed by atoms with van der Waals surface area (Å²) in [4.78, 5) is 9.65. The van der Waals surface area contributed by atoms with Gasteiger partial charge in [0.1, 0.15) is 34.0 Å². The van der Waals surface area contributed by atoms with Crippen molar-refractivity contribution in [1.82, 2.24) is 9.97 Å². The summed E-state index contributed by atoms with van der Waals surface area (Å²) >= 11 is 0. The van der Waals surface area contributed by atoms with Crippen LogP contribution in [0.4, 0.5) is 0 Å². The van der Waals surface area contributed by atoms with Gasteiger partial charge in [0.25, 0.3) is 0 Å². The lowest BCUT2D eigenvalue weighted by molar-refractivity contribution is 0.486. The first-order valence-corrected chi connectivity index (χ1v) is 10.7.